The normalized spacial score (nSPS) is 20.9. The number of aliphatic imine (C=N–C) groups is 1. The summed E-state index contributed by atoms with van der Waals surface area (Å²) in [5, 5.41) is 3.58. The van der Waals surface area contributed by atoms with Crippen LogP contribution in [0.1, 0.15) is 23.7 Å². The van der Waals surface area contributed by atoms with Crippen molar-refractivity contribution in [2.75, 3.05) is 59.0 Å². The fourth-order valence-electron chi connectivity index (χ4n) is 4.09. The van der Waals surface area contributed by atoms with Gasteiger partial charge in [0.15, 0.2) is 5.96 Å². The molecule has 6 nitrogen and oxygen atoms in total. The Hall–Kier alpha value is -2.31. The monoisotopic (exact) mass is 396 g/mol. The molecule has 0 amide bonds. The van der Waals surface area contributed by atoms with Gasteiger partial charge in [0.25, 0.3) is 0 Å². The van der Waals surface area contributed by atoms with Crippen LogP contribution in [0.25, 0.3) is 0 Å². The lowest BCUT2D eigenvalue weighted by molar-refractivity contribution is 0.0394. The maximum Gasteiger partial charge on any atom is 0.194 e. The molecule has 2 fully saturated rings. The molecule has 0 aliphatic carbocycles. The lowest BCUT2D eigenvalue weighted by Crippen LogP contribution is -2.42. The Morgan fingerprint density at radius 3 is 2.72 bits per heavy atom. The van der Waals surface area contributed by atoms with Crippen LogP contribution in [0.3, 0.4) is 0 Å². The van der Waals surface area contributed by atoms with Crippen molar-refractivity contribution in [1.82, 2.24) is 15.1 Å². The Kier molecular flexibility index (Phi) is 7.21. The molecule has 29 heavy (non-hydrogen) atoms. The standard InChI is InChI=1S/C23H32N4O2/c1-2-5-20(6-3-1)21-9-12-27(19-21)23(24-10-8-22-7-4-16-29-22)25-11-13-26-14-17-28-18-15-26/h1-7,16,21H,8-15,17-19H2,(H,24,25). The highest BCUT2D eigenvalue weighted by atomic mass is 16.5. The Labute approximate surface area is 173 Å². The molecule has 1 aromatic heterocycles. The summed E-state index contributed by atoms with van der Waals surface area (Å²) >= 11 is 0. The molecular weight excluding hydrogens is 364 g/mol. The minimum Gasteiger partial charge on any atom is -0.469 e. The molecule has 0 spiro atoms. The van der Waals surface area contributed by atoms with Crippen LogP contribution < -0.4 is 5.32 Å². The number of guanidine groups is 1. The van der Waals surface area contributed by atoms with Crippen LogP contribution in [0.2, 0.25) is 0 Å². The number of morpholine rings is 1. The summed E-state index contributed by atoms with van der Waals surface area (Å²) in [4.78, 5) is 9.82. The average Bonchev–Trinajstić information content (AvgIpc) is 3.46. The fourth-order valence-corrected chi connectivity index (χ4v) is 4.09. The minimum absolute atomic E-state index is 0.576. The van der Waals surface area contributed by atoms with Crippen LogP contribution in [0.5, 0.6) is 0 Å². The van der Waals surface area contributed by atoms with Gasteiger partial charge in [0, 0.05) is 51.6 Å². The highest BCUT2D eigenvalue weighted by molar-refractivity contribution is 5.80. The topological polar surface area (TPSA) is 53.2 Å². The van der Waals surface area contributed by atoms with Crippen LogP contribution in [-0.2, 0) is 11.2 Å². The van der Waals surface area contributed by atoms with Crippen LogP contribution in [0.15, 0.2) is 58.1 Å². The molecule has 3 heterocycles. The highest BCUT2D eigenvalue weighted by Crippen LogP contribution is 2.26. The predicted octanol–water partition coefficient (Wildman–Crippen LogP) is 2.59. The zero-order valence-corrected chi connectivity index (χ0v) is 17.1. The van der Waals surface area contributed by atoms with Gasteiger partial charge in [0.05, 0.1) is 26.0 Å². The first-order valence-electron chi connectivity index (χ1n) is 10.8. The molecule has 2 saturated heterocycles. The molecule has 6 heteroatoms. The van der Waals surface area contributed by atoms with Crippen molar-refractivity contribution in [3.63, 3.8) is 0 Å². The Morgan fingerprint density at radius 2 is 1.93 bits per heavy atom. The summed E-state index contributed by atoms with van der Waals surface area (Å²) in [5.74, 6) is 2.62. The summed E-state index contributed by atoms with van der Waals surface area (Å²) in [6.45, 7) is 8.39. The van der Waals surface area contributed by atoms with E-state index >= 15 is 0 Å². The third-order valence-corrected chi connectivity index (χ3v) is 5.77. The van der Waals surface area contributed by atoms with Gasteiger partial charge in [-0.3, -0.25) is 9.89 Å². The zero-order chi connectivity index (χ0) is 19.7. The lowest BCUT2D eigenvalue weighted by atomic mass is 9.99. The van der Waals surface area contributed by atoms with Crippen LogP contribution >= 0.6 is 0 Å². The van der Waals surface area contributed by atoms with E-state index in [1.54, 1.807) is 6.26 Å². The molecular formula is C23H32N4O2. The maximum absolute atomic E-state index is 5.46. The van der Waals surface area contributed by atoms with Gasteiger partial charge in [0.2, 0.25) is 0 Å². The van der Waals surface area contributed by atoms with E-state index in [0.29, 0.717) is 5.92 Å². The van der Waals surface area contributed by atoms with E-state index in [-0.39, 0.29) is 0 Å². The van der Waals surface area contributed by atoms with E-state index in [4.69, 9.17) is 14.1 Å². The second kappa shape index (κ2) is 10.5. The maximum atomic E-state index is 5.46. The second-order valence-electron chi connectivity index (χ2n) is 7.76. The summed E-state index contributed by atoms with van der Waals surface area (Å²) in [6.07, 6.45) is 3.77. The SMILES string of the molecule is c1ccc(C2CCN(C(=NCCN3CCOCC3)NCCc3ccco3)C2)cc1. The first kappa shape index (κ1) is 20.0. The van der Waals surface area contributed by atoms with Crippen molar-refractivity contribution < 1.29 is 9.15 Å². The number of nitrogens with zero attached hydrogens (tertiary/aromatic N) is 3. The Bertz CT molecular complexity index is 742. The van der Waals surface area contributed by atoms with E-state index in [1.807, 2.05) is 12.1 Å². The van der Waals surface area contributed by atoms with Crippen molar-refractivity contribution >= 4 is 5.96 Å². The number of hydrogen-bond donors (Lipinski definition) is 1. The fraction of sp³-hybridized carbons (Fsp3) is 0.522. The minimum atomic E-state index is 0.576. The van der Waals surface area contributed by atoms with Gasteiger partial charge in [-0.2, -0.15) is 0 Å². The third kappa shape index (κ3) is 5.84. The molecule has 1 unspecified atom stereocenters. The summed E-state index contributed by atoms with van der Waals surface area (Å²) in [5.41, 5.74) is 1.43. The largest absolute Gasteiger partial charge is 0.469 e. The van der Waals surface area contributed by atoms with Gasteiger partial charge in [-0.1, -0.05) is 30.3 Å². The summed E-state index contributed by atoms with van der Waals surface area (Å²) in [7, 11) is 0. The molecule has 156 valence electrons. The molecule has 2 aliphatic heterocycles. The smallest absolute Gasteiger partial charge is 0.194 e. The van der Waals surface area contributed by atoms with Gasteiger partial charge >= 0.3 is 0 Å². The second-order valence-corrected chi connectivity index (χ2v) is 7.76. The summed E-state index contributed by atoms with van der Waals surface area (Å²) in [6, 6.07) is 14.8. The average molecular weight is 397 g/mol. The predicted molar refractivity (Wildman–Crippen MR) is 115 cm³/mol. The van der Waals surface area contributed by atoms with Gasteiger partial charge in [-0.25, -0.2) is 0 Å². The quantitative estimate of drug-likeness (QED) is 0.576. The zero-order valence-electron chi connectivity index (χ0n) is 17.1. The molecule has 4 rings (SSSR count). The van der Waals surface area contributed by atoms with Crippen LogP contribution in [-0.4, -0.2) is 74.8 Å². The molecule has 0 bridgehead atoms. The lowest BCUT2D eigenvalue weighted by Gasteiger charge is -2.26. The van der Waals surface area contributed by atoms with Crippen LogP contribution in [0.4, 0.5) is 0 Å². The molecule has 1 atom stereocenters. The van der Waals surface area contributed by atoms with Gasteiger partial charge in [-0.05, 0) is 24.1 Å². The first-order valence-corrected chi connectivity index (χ1v) is 10.8. The van der Waals surface area contributed by atoms with Crippen molar-refractivity contribution in [2.24, 2.45) is 4.99 Å². The molecule has 1 aromatic carbocycles. The van der Waals surface area contributed by atoms with E-state index in [2.05, 4.69) is 45.4 Å². The highest BCUT2D eigenvalue weighted by Gasteiger charge is 2.26. The number of furan rings is 1. The molecule has 2 aromatic rings. The number of likely N-dealkylation sites (tertiary alicyclic amines) is 1. The van der Waals surface area contributed by atoms with Gasteiger partial charge in [-0.15, -0.1) is 0 Å². The van der Waals surface area contributed by atoms with Gasteiger partial charge < -0.3 is 19.4 Å². The number of rotatable bonds is 7. The number of hydrogen-bond acceptors (Lipinski definition) is 4. The molecule has 2 aliphatic rings. The number of ether oxygens (including phenoxy) is 1. The van der Waals surface area contributed by atoms with Crippen molar-refractivity contribution in [3.8, 4) is 0 Å². The summed E-state index contributed by atoms with van der Waals surface area (Å²) < 4.78 is 10.9. The van der Waals surface area contributed by atoms with Crippen molar-refractivity contribution in [1.29, 1.82) is 0 Å². The third-order valence-electron chi connectivity index (χ3n) is 5.77. The Morgan fingerprint density at radius 1 is 1.07 bits per heavy atom. The van der Waals surface area contributed by atoms with Crippen LogP contribution in [0, 0.1) is 0 Å². The molecule has 1 N–H and O–H groups in total. The Balaban J connectivity index is 1.34. The van der Waals surface area contributed by atoms with Gasteiger partial charge in [0.1, 0.15) is 5.76 Å². The van der Waals surface area contributed by atoms with E-state index in [0.717, 1.165) is 77.2 Å². The molecule has 0 saturated carbocycles. The van der Waals surface area contributed by atoms with Crippen molar-refractivity contribution in [3.05, 3.63) is 60.1 Å². The molecule has 0 radical (unpaired) electrons. The number of nitrogens with one attached hydrogen (secondary N) is 1. The first-order chi connectivity index (χ1) is 14.4. The van der Waals surface area contributed by atoms with E-state index < -0.39 is 0 Å². The van der Waals surface area contributed by atoms with E-state index in [9.17, 15) is 0 Å². The van der Waals surface area contributed by atoms with E-state index in [1.165, 1.54) is 12.0 Å². The van der Waals surface area contributed by atoms with Crippen molar-refractivity contribution in [2.45, 2.75) is 18.8 Å². The number of benzene rings is 1.